The van der Waals surface area contributed by atoms with Gasteiger partial charge in [-0.3, -0.25) is 4.79 Å². The molecule has 2 nitrogen and oxygen atoms in total. The second-order valence-electron chi connectivity index (χ2n) is 5.09. The molecule has 0 N–H and O–H groups in total. The van der Waals surface area contributed by atoms with Gasteiger partial charge in [-0.15, -0.1) is 0 Å². The fraction of sp³-hybridized carbons (Fsp3) is 0.867. The Hall–Kier alpha value is -0.180. The molecule has 0 bridgehead atoms. The van der Waals surface area contributed by atoms with Crippen LogP contribution >= 0.6 is 15.9 Å². The summed E-state index contributed by atoms with van der Waals surface area (Å²) in [5.41, 5.74) is 0. The smallest absolute Gasteiger partial charge is 0.222 e. The van der Waals surface area contributed by atoms with E-state index in [9.17, 15) is 4.79 Å². The van der Waals surface area contributed by atoms with Crippen molar-refractivity contribution in [3.63, 3.8) is 0 Å². The second-order valence-corrected chi connectivity index (χ2v) is 5.89. The van der Waals surface area contributed by atoms with Crippen molar-refractivity contribution in [3.05, 3.63) is 6.92 Å². The highest BCUT2D eigenvalue weighted by atomic mass is 79.9. The Morgan fingerprint density at radius 1 is 1.11 bits per heavy atom. The minimum atomic E-state index is 0.327. The van der Waals surface area contributed by atoms with E-state index < -0.39 is 0 Å². The number of hydrogen-bond acceptors (Lipinski definition) is 1. The van der Waals surface area contributed by atoms with Crippen LogP contribution in [0.2, 0.25) is 0 Å². The van der Waals surface area contributed by atoms with Crippen LogP contribution in [0.4, 0.5) is 0 Å². The minimum Gasteiger partial charge on any atom is -0.340 e. The third-order valence-corrected chi connectivity index (χ3v) is 3.68. The zero-order chi connectivity index (χ0) is 13.8. The number of alkyl halides is 1. The molecular weight excluding hydrogens is 290 g/mol. The molecule has 0 saturated heterocycles. The Balaban J connectivity index is 3.88. The van der Waals surface area contributed by atoms with Crippen LogP contribution in [-0.2, 0) is 4.79 Å². The predicted molar refractivity (Wildman–Crippen MR) is 82.9 cm³/mol. The third-order valence-electron chi connectivity index (χ3n) is 3.12. The van der Waals surface area contributed by atoms with Crippen molar-refractivity contribution in [1.82, 2.24) is 4.90 Å². The fourth-order valence-corrected chi connectivity index (χ4v) is 2.39. The van der Waals surface area contributed by atoms with E-state index in [1.807, 2.05) is 4.90 Å². The van der Waals surface area contributed by atoms with Crippen LogP contribution in [-0.4, -0.2) is 28.7 Å². The van der Waals surface area contributed by atoms with Crippen LogP contribution in [0, 0.1) is 6.92 Å². The van der Waals surface area contributed by atoms with Crippen LogP contribution in [0.3, 0.4) is 0 Å². The van der Waals surface area contributed by atoms with Gasteiger partial charge in [0.2, 0.25) is 5.91 Å². The Bertz CT molecular complexity index is 207. The summed E-state index contributed by atoms with van der Waals surface area (Å²) in [4.78, 5) is 14.2. The van der Waals surface area contributed by atoms with Gasteiger partial charge in [-0.05, 0) is 46.0 Å². The molecular formula is C15H29BrNO+. The normalized spacial score (nSPS) is 10.9. The molecule has 0 aliphatic rings. The number of hydrogen-bond donors (Lipinski definition) is 0. The number of carbonyl (C=O) groups excluding carboxylic acids is 1. The molecule has 106 valence electrons. The molecule has 0 rings (SSSR count). The minimum absolute atomic E-state index is 0.327. The maximum atomic E-state index is 12.1. The average Bonchev–Trinajstić information content (AvgIpc) is 2.34. The van der Waals surface area contributed by atoms with Crippen LogP contribution in [0.15, 0.2) is 0 Å². The van der Waals surface area contributed by atoms with Gasteiger partial charge in [-0.2, -0.15) is 0 Å². The molecule has 0 heterocycles. The molecule has 0 aliphatic carbocycles. The lowest BCUT2D eigenvalue weighted by atomic mass is 10.1. The van der Waals surface area contributed by atoms with Crippen molar-refractivity contribution >= 4 is 21.8 Å². The van der Waals surface area contributed by atoms with E-state index >= 15 is 0 Å². The van der Waals surface area contributed by atoms with Gasteiger partial charge < -0.3 is 4.90 Å². The van der Waals surface area contributed by atoms with E-state index in [1.54, 1.807) is 0 Å². The summed E-state index contributed by atoms with van der Waals surface area (Å²) in [6.07, 6.45) is 8.48. The lowest BCUT2D eigenvalue weighted by Crippen LogP contribution is -2.37. The maximum Gasteiger partial charge on any atom is 0.222 e. The molecule has 0 aromatic rings. The summed E-state index contributed by atoms with van der Waals surface area (Å²) in [7, 11) is 0. The lowest BCUT2D eigenvalue weighted by Gasteiger charge is -2.27. The van der Waals surface area contributed by atoms with Crippen LogP contribution in [0.25, 0.3) is 0 Å². The van der Waals surface area contributed by atoms with Gasteiger partial charge in [-0.1, -0.05) is 22.4 Å². The number of nitrogens with zero attached hydrogens (tertiary/aromatic N) is 1. The van der Waals surface area contributed by atoms with E-state index in [0.29, 0.717) is 18.4 Å². The van der Waals surface area contributed by atoms with E-state index in [4.69, 9.17) is 0 Å². The van der Waals surface area contributed by atoms with Crippen molar-refractivity contribution in [1.29, 1.82) is 0 Å². The maximum absolute atomic E-state index is 12.1. The topological polar surface area (TPSA) is 20.3 Å². The molecule has 1 amide bonds. The summed E-state index contributed by atoms with van der Waals surface area (Å²) < 4.78 is 0. The van der Waals surface area contributed by atoms with Crippen molar-refractivity contribution < 1.29 is 4.79 Å². The molecule has 0 aromatic heterocycles. The number of unbranched alkanes of at least 4 members (excludes halogenated alkanes) is 5. The molecule has 0 aliphatic heterocycles. The fourth-order valence-electron chi connectivity index (χ4n) is 2.00. The molecule has 0 aromatic carbocycles. The summed E-state index contributed by atoms with van der Waals surface area (Å²) in [6, 6.07) is 0.328. The number of carbonyl (C=O) groups is 1. The molecule has 0 fully saturated rings. The molecule has 0 spiro atoms. The number of halogens is 1. The average molecular weight is 319 g/mol. The molecule has 18 heavy (non-hydrogen) atoms. The number of amides is 1. The molecule has 0 unspecified atom stereocenters. The van der Waals surface area contributed by atoms with Gasteiger partial charge in [0.25, 0.3) is 0 Å². The summed E-state index contributed by atoms with van der Waals surface area (Å²) in [6.45, 7) is 8.96. The largest absolute Gasteiger partial charge is 0.340 e. The van der Waals surface area contributed by atoms with Gasteiger partial charge in [0.05, 0.1) is 13.3 Å². The van der Waals surface area contributed by atoms with Gasteiger partial charge in [0, 0.05) is 24.3 Å². The van der Waals surface area contributed by atoms with Crippen LogP contribution < -0.4 is 0 Å². The van der Waals surface area contributed by atoms with Crippen molar-refractivity contribution in [2.24, 2.45) is 0 Å². The van der Waals surface area contributed by atoms with Crippen LogP contribution in [0.1, 0.15) is 65.2 Å². The number of rotatable bonds is 11. The second kappa shape index (κ2) is 11.9. The SMILES string of the molecule is [CH2+]CCCCCC(=O)N(CCCCCBr)C(C)C. The highest BCUT2D eigenvalue weighted by Crippen LogP contribution is 2.10. The molecule has 3 heteroatoms. The molecule has 0 atom stereocenters. The van der Waals surface area contributed by atoms with Gasteiger partial charge in [-0.25, -0.2) is 0 Å². The van der Waals surface area contributed by atoms with E-state index in [0.717, 1.165) is 44.0 Å². The quantitative estimate of drug-likeness (QED) is 0.310. The summed E-state index contributed by atoms with van der Waals surface area (Å²) >= 11 is 3.44. The van der Waals surface area contributed by atoms with Crippen LogP contribution in [0.5, 0.6) is 0 Å². The first-order valence-corrected chi connectivity index (χ1v) is 8.40. The van der Waals surface area contributed by atoms with Crippen molar-refractivity contribution in [3.8, 4) is 0 Å². The van der Waals surface area contributed by atoms with Crippen molar-refractivity contribution in [2.75, 3.05) is 11.9 Å². The van der Waals surface area contributed by atoms with Gasteiger partial charge >= 0.3 is 0 Å². The third kappa shape index (κ3) is 8.84. The standard InChI is InChI=1S/C15H29BrNO/c1-4-5-6-8-11-15(18)17(14(2)3)13-10-7-9-12-16/h14H,1,4-13H2,2-3H3/q+1. The Morgan fingerprint density at radius 3 is 2.33 bits per heavy atom. The van der Waals surface area contributed by atoms with Gasteiger partial charge in [0.15, 0.2) is 0 Å². The zero-order valence-electron chi connectivity index (χ0n) is 12.1. The van der Waals surface area contributed by atoms with E-state index in [2.05, 4.69) is 36.7 Å². The first-order valence-electron chi connectivity index (χ1n) is 7.28. The first-order chi connectivity index (χ1) is 8.63. The summed E-state index contributed by atoms with van der Waals surface area (Å²) in [5.74, 6) is 0.327. The first kappa shape index (κ1) is 17.8. The van der Waals surface area contributed by atoms with E-state index in [1.165, 1.54) is 12.8 Å². The Kier molecular flexibility index (Phi) is 11.8. The highest BCUT2D eigenvalue weighted by molar-refractivity contribution is 9.09. The molecule has 0 radical (unpaired) electrons. The van der Waals surface area contributed by atoms with E-state index in [-0.39, 0.29) is 0 Å². The Morgan fingerprint density at radius 2 is 1.78 bits per heavy atom. The monoisotopic (exact) mass is 318 g/mol. The highest BCUT2D eigenvalue weighted by Gasteiger charge is 2.15. The Labute approximate surface area is 122 Å². The van der Waals surface area contributed by atoms with Gasteiger partial charge in [0.1, 0.15) is 0 Å². The zero-order valence-corrected chi connectivity index (χ0v) is 13.7. The van der Waals surface area contributed by atoms with Crippen molar-refractivity contribution in [2.45, 2.75) is 71.3 Å². The molecule has 0 saturated carbocycles. The lowest BCUT2D eigenvalue weighted by molar-refractivity contribution is -0.133. The summed E-state index contributed by atoms with van der Waals surface area (Å²) in [5, 5.41) is 1.06. The predicted octanol–water partition coefficient (Wildman–Crippen LogP) is 4.57.